The minimum absolute atomic E-state index is 0.711. The van der Waals surface area contributed by atoms with Crippen molar-refractivity contribution in [3.8, 4) is 0 Å². The predicted molar refractivity (Wildman–Crippen MR) is 106 cm³/mol. The molecular weight excluding hydrogens is 429 g/mol. The van der Waals surface area contributed by atoms with Crippen LogP contribution in [0.2, 0.25) is 13.3 Å². The summed E-state index contributed by atoms with van der Waals surface area (Å²) < 4.78 is 13.3. The quantitative estimate of drug-likeness (QED) is 0.104. The van der Waals surface area contributed by atoms with Gasteiger partial charge in [0.1, 0.15) is 0 Å². The molecule has 0 spiro atoms. The molecule has 0 bridgehead atoms. The van der Waals surface area contributed by atoms with Crippen LogP contribution in [-0.4, -0.2) is 35.5 Å². The van der Waals surface area contributed by atoms with Gasteiger partial charge in [-0.15, -0.1) is 0 Å². The van der Waals surface area contributed by atoms with Gasteiger partial charge in [0.15, 0.2) is 0 Å². The van der Waals surface area contributed by atoms with E-state index < -0.39 is 18.4 Å². The van der Waals surface area contributed by atoms with Gasteiger partial charge in [-0.1, -0.05) is 0 Å². The number of unbranched alkanes of at least 4 members (excludes halogenated alkanes) is 3. The predicted octanol–water partition coefficient (Wildman–Crippen LogP) is 5.09. The minimum atomic E-state index is -2.45. The van der Waals surface area contributed by atoms with Crippen LogP contribution in [0, 0.1) is 0 Å². The molecule has 0 amide bonds. The maximum absolute atomic E-state index is 4.85. The molecule has 0 aromatic carbocycles. The van der Waals surface area contributed by atoms with E-state index in [1.54, 1.807) is 0 Å². The van der Waals surface area contributed by atoms with Gasteiger partial charge in [-0.3, -0.25) is 0 Å². The fraction of sp³-hybridized carbons (Fsp3) is 0.765. The Kier molecular flexibility index (Phi) is 12.1. The monoisotopic (exact) mass is 463 g/mol. The average molecular weight is 462 g/mol. The van der Waals surface area contributed by atoms with Gasteiger partial charge in [-0.05, 0) is 0 Å². The van der Waals surface area contributed by atoms with E-state index in [1.807, 2.05) is 12.4 Å². The van der Waals surface area contributed by atoms with E-state index >= 15 is 0 Å². The summed E-state index contributed by atoms with van der Waals surface area (Å²) in [5.74, 6) is 0.711. The second-order valence-electron chi connectivity index (χ2n) is 6.30. The fourth-order valence-corrected chi connectivity index (χ4v) is 18.4. The van der Waals surface area contributed by atoms with E-state index in [0.717, 1.165) is 12.2 Å². The zero-order valence-corrected chi connectivity index (χ0v) is 19.3. The van der Waals surface area contributed by atoms with Crippen molar-refractivity contribution in [2.45, 2.75) is 72.6 Å². The van der Waals surface area contributed by atoms with E-state index in [2.05, 4.69) is 35.4 Å². The molecule has 0 saturated carbocycles. The van der Waals surface area contributed by atoms with Crippen LogP contribution in [0.5, 0.6) is 0 Å². The van der Waals surface area contributed by atoms with Crippen LogP contribution in [0.1, 0.15) is 59.3 Å². The first-order valence-corrected chi connectivity index (χ1v) is 17.4. The van der Waals surface area contributed by atoms with Crippen molar-refractivity contribution in [2.24, 2.45) is 0 Å². The van der Waals surface area contributed by atoms with Crippen molar-refractivity contribution in [3.05, 3.63) is 12.4 Å². The van der Waals surface area contributed by atoms with Crippen LogP contribution in [-0.2, 0) is 9.22 Å². The van der Waals surface area contributed by atoms with Gasteiger partial charge in [0.2, 0.25) is 0 Å². The number of hydrogen-bond donors (Lipinski definition) is 1. The van der Waals surface area contributed by atoms with Gasteiger partial charge in [-0.25, -0.2) is 0 Å². The van der Waals surface area contributed by atoms with E-state index in [4.69, 9.17) is 9.32 Å². The van der Waals surface area contributed by atoms with Crippen molar-refractivity contribution in [1.82, 2.24) is 9.97 Å². The van der Waals surface area contributed by atoms with Gasteiger partial charge in [0.05, 0.1) is 0 Å². The molecule has 24 heavy (non-hydrogen) atoms. The van der Waals surface area contributed by atoms with Crippen LogP contribution in [0.4, 0.5) is 5.82 Å². The van der Waals surface area contributed by atoms with E-state index in [1.165, 1.54) is 62.7 Å². The zero-order valence-electron chi connectivity index (χ0n) is 15.6. The second kappa shape index (κ2) is 13.2. The molecule has 0 unspecified atom stereocenters. The van der Waals surface area contributed by atoms with Gasteiger partial charge >= 0.3 is 156 Å². The SMILES string of the molecule is CCC[CH2][Sn]([CH2]CCC)([CH2]CCC)[c]1cnc(NSOOC)cn1. The average Bonchev–Trinajstić information content (AvgIpc) is 2.62. The molecule has 1 aromatic rings. The Labute approximate surface area is 155 Å². The first-order valence-electron chi connectivity index (χ1n) is 9.17. The number of nitrogens with one attached hydrogen (secondary N) is 1. The van der Waals surface area contributed by atoms with Gasteiger partial charge in [0, 0.05) is 0 Å². The van der Waals surface area contributed by atoms with E-state index in [-0.39, 0.29) is 0 Å². The molecule has 0 aliphatic carbocycles. The van der Waals surface area contributed by atoms with Crippen molar-refractivity contribution >= 4 is 40.1 Å². The Morgan fingerprint density at radius 2 is 1.54 bits per heavy atom. The molecule has 0 aliphatic rings. The molecule has 0 atom stereocenters. The molecule has 0 fully saturated rings. The summed E-state index contributed by atoms with van der Waals surface area (Å²) in [6.45, 7) is 6.88. The van der Waals surface area contributed by atoms with Crippen molar-refractivity contribution in [3.63, 3.8) is 0 Å². The molecular formula is C17H33N3O2SSn. The topological polar surface area (TPSA) is 56.3 Å². The van der Waals surface area contributed by atoms with Gasteiger partial charge in [0.25, 0.3) is 0 Å². The number of nitrogens with zero attached hydrogens (tertiary/aromatic N) is 2. The van der Waals surface area contributed by atoms with Gasteiger partial charge < -0.3 is 0 Å². The molecule has 1 heterocycles. The Balaban J connectivity index is 2.92. The maximum atomic E-state index is 4.85. The Hall–Kier alpha value is -0.0513. The summed E-state index contributed by atoms with van der Waals surface area (Å²) in [4.78, 5) is 13.9. The molecule has 0 aliphatic heterocycles. The molecule has 1 rings (SSSR count). The summed E-state index contributed by atoms with van der Waals surface area (Å²) in [5.41, 5.74) is 0. The van der Waals surface area contributed by atoms with Crippen molar-refractivity contribution < 1.29 is 9.22 Å². The molecule has 7 heteroatoms. The standard InChI is InChI=1S/C5H6N3O2S.3C4H9.Sn/c1-9-10-11-8-5-4-6-2-3-7-5;3*1-3-4-2;/h3-4H,1H3,(H,7,8);3*1,3-4H2,2H3;. The number of rotatable bonds is 14. The number of hydrogen-bond acceptors (Lipinski definition) is 6. The Bertz CT molecular complexity index is 413. The zero-order chi connectivity index (χ0) is 17.7. The Morgan fingerprint density at radius 1 is 0.958 bits per heavy atom. The number of anilines is 1. The van der Waals surface area contributed by atoms with E-state index in [9.17, 15) is 0 Å². The van der Waals surface area contributed by atoms with Crippen LogP contribution in [0.25, 0.3) is 0 Å². The van der Waals surface area contributed by atoms with E-state index in [0.29, 0.717) is 5.82 Å². The molecule has 5 nitrogen and oxygen atoms in total. The summed E-state index contributed by atoms with van der Waals surface area (Å²) in [7, 11) is 1.47. The second-order valence-corrected chi connectivity index (χ2v) is 19.9. The van der Waals surface area contributed by atoms with Crippen LogP contribution in [0.3, 0.4) is 0 Å². The first kappa shape index (κ1) is 22.0. The summed E-state index contributed by atoms with van der Waals surface area (Å²) in [6.07, 6.45) is 11.7. The fourth-order valence-electron chi connectivity index (χ4n) is 3.05. The third kappa shape index (κ3) is 7.45. The summed E-state index contributed by atoms with van der Waals surface area (Å²) in [5, 5.41) is 0. The third-order valence-corrected chi connectivity index (χ3v) is 20.0. The molecule has 0 radical (unpaired) electrons. The molecule has 1 N–H and O–H groups in total. The Morgan fingerprint density at radius 3 is 1.96 bits per heavy atom. The van der Waals surface area contributed by atoms with Gasteiger partial charge in [-0.2, -0.15) is 0 Å². The van der Waals surface area contributed by atoms with Crippen LogP contribution in [0.15, 0.2) is 12.4 Å². The molecule has 1 aromatic heterocycles. The summed E-state index contributed by atoms with van der Waals surface area (Å²) in [6, 6.07) is 0. The third-order valence-electron chi connectivity index (χ3n) is 4.47. The molecule has 138 valence electrons. The first-order chi connectivity index (χ1) is 11.7. The summed E-state index contributed by atoms with van der Waals surface area (Å²) >= 11 is -1.44. The number of aromatic nitrogens is 2. The van der Waals surface area contributed by atoms with Crippen LogP contribution < -0.4 is 8.43 Å². The van der Waals surface area contributed by atoms with Crippen molar-refractivity contribution in [2.75, 3.05) is 11.8 Å². The normalized spacial score (nSPS) is 11.7. The molecule has 0 saturated heterocycles. The van der Waals surface area contributed by atoms with Crippen molar-refractivity contribution in [1.29, 1.82) is 0 Å². The van der Waals surface area contributed by atoms with Crippen LogP contribution >= 0.6 is 12.2 Å².